The van der Waals surface area contributed by atoms with Crippen LogP contribution in [0.1, 0.15) is 28.0 Å². The highest BCUT2D eigenvalue weighted by molar-refractivity contribution is 7.16. The SMILES string of the molecule is Cc1cc(N(CCCOCCO)CCOCCO)ccc1/N=N/c1sc(C#N)c(C)c1C#N. The normalized spacial score (nSPS) is 11.0. The Labute approximate surface area is 198 Å². The average Bonchev–Trinajstić information content (AvgIpc) is 3.13. The van der Waals surface area contributed by atoms with Crippen LogP contribution in [0.15, 0.2) is 28.4 Å². The van der Waals surface area contributed by atoms with Crippen LogP contribution in [0, 0.1) is 36.5 Å². The van der Waals surface area contributed by atoms with Crippen molar-refractivity contribution in [2.75, 3.05) is 57.6 Å². The second-order valence-corrected chi connectivity index (χ2v) is 8.14. The van der Waals surface area contributed by atoms with Gasteiger partial charge < -0.3 is 24.6 Å². The first-order valence-corrected chi connectivity index (χ1v) is 11.5. The summed E-state index contributed by atoms with van der Waals surface area (Å²) in [4.78, 5) is 2.64. The molecule has 0 spiro atoms. The maximum atomic E-state index is 9.38. The summed E-state index contributed by atoms with van der Waals surface area (Å²) < 4.78 is 10.8. The lowest BCUT2D eigenvalue weighted by Gasteiger charge is -2.25. The molecule has 2 aromatic rings. The molecule has 10 heteroatoms. The molecule has 0 unspecified atom stereocenters. The zero-order chi connectivity index (χ0) is 24.1. The van der Waals surface area contributed by atoms with Crippen molar-refractivity contribution in [1.29, 1.82) is 10.5 Å². The van der Waals surface area contributed by atoms with Gasteiger partial charge in [-0.3, -0.25) is 0 Å². The van der Waals surface area contributed by atoms with Crippen molar-refractivity contribution in [3.8, 4) is 12.1 Å². The van der Waals surface area contributed by atoms with E-state index in [4.69, 9.17) is 19.7 Å². The predicted molar refractivity (Wildman–Crippen MR) is 126 cm³/mol. The van der Waals surface area contributed by atoms with E-state index < -0.39 is 0 Å². The van der Waals surface area contributed by atoms with Gasteiger partial charge in [-0.1, -0.05) is 0 Å². The Morgan fingerprint density at radius 3 is 2.33 bits per heavy atom. The zero-order valence-corrected chi connectivity index (χ0v) is 19.8. The van der Waals surface area contributed by atoms with E-state index in [0.29, 0.717) is 59.7 Å². The van der Waals surface area contributed by atoms with E-state index in [2.05, 4.69) is 27.3 Å². The van der Waals surface area contributed by atoms with Gasteiger partial charge in [0.1, 0.15) is 17.0 Å². The van der Waals surface area contributed by atoms with Crippen LogP contribution in [0.3, 0.4) is 0 Å². The van der Waals surface area contributed by atoms with E-state index in [0.717, 1.165) is 35.6 Å². The molecule has 1 heterocycles. The molecular formula is C23H29N5O4S. The molecule has 2 N–H and O–H groups in total. The number of nitriles is 2. The summed E-state index contributed by atoms with van der Waals surface area (Å²) in [6.45, 7) is 6.71. The second-order valence-electron chi connectivity index (χ2n) is 7.14. The number of nitrogens with zero attached hydrogens (tertiary/aromatic N) is 5. The van der Waals surface area contributed by atoms with Crippen LogP contribution in [-0.2, 0) is 9.47 Å². The number of benzene rings is 1. The number of ether oxygens (including phenoxy) is 2. The Kier molecular flexibility index (Phi) is 11.5. The summed E-state index contributed by atoms with van der Waals surface area (Å²) in [5, 5.41) is 45.3. The number of hydrogen-bond acceptors (Lipinski definition) is 10. The molecular weight excluding hydrogens is 442 g/mol. The number of aryl methyl sites for hydroxylation is 1. The van der Waals surface area contributed by atoms with Gasteiger partial charge in [-0.15, -0.1) is 21.6 Å². The Morgan fingerprint density at radius 1 is 0.970 bits per heavy atom. The predicted octanol–water partition coefficient (Wildman–Crippen LogP) is 3.74. The lowest BCUT2D eigenvalue weighted by Crippen LogP contribution is -2.29. The number of aliphatic hydroxyl groups excluding tert-OH is 2. The van der Waals surface area contributed by atoms with E-state index in [-0.39, 0.29) is 13.2 Å². The number of rotatable bonds is 14. The lowest BCUT2D eigenvalue weighted by atomic mass is 10.1. The van der Waals surface area contributed by atoms with E-state index in [1.165, 1.54) is 0 Å². The van der Waals surface area contributed by atoms with Gasteiger partial charge in [-0.05, 0) is 49.6 Å². The number of azo groups is 1. The highest BCUT2D eigenvalue weighted by Crippen LogP contribution is 2.36. The van der Waals surface area contributed by atoms with E-state index in [9.17, 15) is 10.5 Å². The third-order valence-electron chi connectivity index (χ3n) is 4.83. The zero-order valence-electron chi connectivity index (χ0n) is 19.0. The van der Waals surface area contributed by atoms with Gasteiger partial charge in [0.15, 0.2) is 5.00 Å². The van der Waals surface area contributed by atoms with Crippen LogP contribution in [0.4, 0.5) is 16.4 Å². The standard InChI is InChI=1S/C23H29N5O4S/c1-17-14-19(28(7-11-32-13-9-30)6-3-10-31-12-8-29)4-5-21(17)26-27-23-20(15-24)18(2)22(16-25)33-23/h4-5,14,29-30H,3,6-13H2,1-2H3/b27-26+. The number of thiophene rings is 1. The van der Waals surface area contributed by atoms with Crippen molar-refractivity contribution in [1.82, 2.24) is 0 Å². The maximum absolute atomic E-state index is 9.38. The van der Waals surface area contributed by atoms with Crippen LogP contribution in [0.5, 0.6) is 0 Å². The van der Waals surface area contributed by atoms with Crippen LogP contribution in [0.25, 0.3) is 0 Å². The molecule has 0 saturated carbocycles. The van der Waals surface area contributed by atoms with Crippen molar-refractivity contribution < 1.29 is 19.7 Å². The molecule has 0 bridgehead atoms. The van der Waals surface area contributed by atoms with Crippen molar-refractivity contribution in [2.45, 2.75) is 20.3 Å². The molecule has 0 aliphatic heterocycles. The molecule has 0 aliphatic rings. The van der Waals surface area contributed by atoms with Gasteiger partial charge in [0.2, 0.25) is 0 Å². The van der Waals surface area contributed by atoms with E-state index in [1.54, 1.807) is 6.92 Å². The van der Waals surface area contributed by atoms with Gasteiger partial charge in [-0.25, -0.2) is 0 Å². The Morgan fingerprint density at radius 2 is 1.70 bits per heavy atom. The summed E-state index contributed by atoms with van der Waals surface area (Å²) in [6, 6.07) is 10.0. The van der Waals surface area contributed by atoms with Crippen LogP contribution >= 0.6 is 11.3 Å². The first-order chi connectivity index (χ1) is 16.0. The molecule has 33 heavy (non-hydrogen) atoms. The van der Waals surface area contributed by atoms with Crippen LogP contribution in [-0.4, -0.2) is 62.9 Å². The molecule has 0 aliphatic carbocycles. The van der Waals surface area contributed by atoms with Gasteiger partial charge in [0, 0.05) is 25.4 Å². The molecule has 0 amide bonds. The molecule has 176 valence electrons. The molecule has 1 aromatic carbocycles. The summed E-state index contributed by atoms with van der Waals surface area (Å²) >= 11 is 1.16. The molecule has 0 saturated heterocycles. The van der Waals surface area contributed by atoms with E-state index in [1.807, 2.05) is 25.1 Å². The highest BCUT2D eigenvalue weighted by atomic mass is 32.1. The first kappa shape index (κ1) is 26.4. The highest BCUT2D eigenvalue weighted by Gasteiger charge is 2.15. The van der Waals surface area contributed by atoms with Crippen molar-refractivity contribution in [2.24, 2.45) is 10.2 Å². The Balaban J connectivity index is 2.14. The summed E-state index contributed by atoms with van der Waals surface area (Å²) in [5.41, 5.74) is 3.61. The molecule has 0 atom stereocenters. The molecule has 1 aromatic heterocycles. The monoisotopic (exact) mass is 471 g/mol. The largest absolute Gasteiger partial charge is 0.394 e. The minimum absolute atomic E-state index is 0.00660. The molecule has 0 fully saturated rings. The quantitative estimate of drug-likeness (QED) is 0.316. The third kappa shape index (κ3) is 7.90. The van der Waals surface area contributed by atoms with E-state index >= 15 is 0 Å². The number of aliphatic hydroxyl groups is 2. The second kappa shape index (κ2) is 14.3. The topological polar surface area (TPSA) is 134 Å². The Bertz CT molecular complexity index is 1010. The van der Waals surface area contributed by atoms with Crippen molar-refractivity contribution in [3.05, 3.63) is 39.8 Å². The fourth-order valence-corrected chi connectivity index (χ4v) is 3.97. The van der Waals surface area contributed by atoms with Crippen LogP contribution < -0.4 is 4.90 Å². The Hall–Kier alpha value is -2.86. The number of hydrogen-bond donors (Lipinski definition) is 2. The van der Waals surface area contributed by atoms with Gasteiger partial charge in [-0.2, -0.15) is 10.5 Å². The third-order valence-corrected chi connectivity index (χ3v) is 5.91. The molecule has 2 rings (SSSR count). The minimum atomic E-state index is -0.0129. The fraction of sp³-hybridized carbons (Fsp3) is 0.478. The minimum Gasteiger partial charge on any atom is -0.394 e. The average molecular weight is 472 g/mol. The fourth-order valence-electron chi connectivity index (χ4n) is 3.09. The smallest absolute Gasteiger partial charge is 0.158 e. The first-order valence-electron chi connectivity index (χ1n) is 10.6. The summed E-state index contributed by atoms with van der Waals surface area (Å²) in [6.07, 6.45) is 0.788. The van der Waals surface area contributed by atoms with Gasteiger partial charge in [0.25, 0.3) is 0 Å². The van der Waals surface area contributed by atoms with Crippen molar-refractivity contribution in [3.63, 3.8) is 0 Å². The van der Waals surface area contributed by atoms with Crippen LogP contribution in [0.2, 0.25) is 0 Å². The van der Waals surface area contributed by atoms with Gasteiger partial charge >= 0.3 is 0 Å². The molecule has 9 nitrogen and oxygen atoms in total. The molecule has 0 radical (unpaired) electrons. The van der Waals surface area contributed by atoms with Gasteiger partial charge in [0.05, 0.1) is 44.3 Å². The van der Waals surface area contributed by atoms with Crippen molar-refractivity contribution >= 4 is 27.7 Å². The summed E-state index contributed by atoms with van der Waals surface area (Å²) in [7, 11) is 0. The number of anilines is 1. The summed E-state index contributed by atoms with van der Waals surface area (Å²) in [5.74, 6) is 0. The lowest BCUT2D eigenvalue weighted by molar-refractivity contribution is 0.0890. The maximum Gasteiger partial charge on any atom is 0.158 e.